The number of rotatable bonds is 5. The molecule has 0 aliphatic rings. The van der Waals surface area contributed by atoms with Crippen LogP contribution in [0.15, 0.2) is 30.5 Å². The third-order valence-corrected chi connectivity index (χ3v) is 2.74. The molecule has 2 aromatic rings. The van der Waals surface area contributed by atoms with Crippen LogP contribution in [0.25, 0.3) is 0 Å². The summed E-state index contributed by atoms with van der Waals surface area (Å²) >= 11 is 0. The second-order valence-corrected chi connectivity index (χ2v) is 4.32. The van der Waals surface area contributed by atoms with Crippen molar-refractivity contribution in [3.8, 4) is 0 Å². The number of carbonyl (C=O) groups is 2. The fourth-order valence-electron chi connectivity index (χ4n) is 1.74. The molecule has 0 atom stereocenters. The first kappa shape index (κ1) is 13.7. The van der Waals surface area contributed by atoms with Crippen molar-refractivity contribution in [1.82, 2.24) is 15.0 Å². The molecule has 1 aromatic carbocycles. The lowest BCUT2D eigenvalue weighted by Crippen LogP contribution is -2.22. The molecule has 2 rings (SSSR count). The number of aromatic nitrogens is 3. The number of hydrogen-bond donors (Lipinski definition) is 2. The van der Waals surface area contributed by atoms with E-state index in [4.69, 9.17) is 5.11 Å². The number of amides is 1. The van der Waals surface area contributed by atoms with Gasteiger partial charge in [-0.3, -0.25) is 9.59 Å². The average Bonchev–Trinajstić information content (AvgIpc) is 2.78. The van der Waals surface area contributed by atoms with Crippen LogP contribution in [-0.4, -0.2) is 32.0 Å². The van der Waals surface area contributed by atoms with Gasteiger partial charge in [-0.05, 0) is 18.6 Å². The summed E-state index contributed by atoms with van der Waals surface area (Å²) in [5, 5.41) is 18.8. The summed E-state index contributed by atoms with van der Waals surface area (Å²) in [5.41, 5.74) is 2.06. The minimum atomic E-state index is -0.993. The van der Waals surface area contributed by atoms with Crippen molar-refractivity contribution >= 4 is 17.6 Å². The molecule has 1 amide bonds. The van der Waals surface area contributed by atoms with Crippen LogP contribution in [0.5, 0.6) is 0 Å². The van der Waals surface area contributed by atoms with Crippen LogP contribution in [0.4, 0.5) is 5.69 Å². The highest BCUT2D eigenvalue weighted by Gasteiger charge is 2.12. The first-order valence-electron chi connectivity index (χ1n) is 6.01. The maximum Gasteiger partial charge on any atom is 0.309 e. The van der Waals surface area contributed by atoms with Gasteiger partial charge in [-0.2, -0.15) is 0 Å². The van der Waals surface area contributed by atoms with Crippen molar-refractivity contribution in [2.75, 3.05) is 5.32 Å². The van der Waals surface area contributed by atoms with Gasteiger partial charge in [-0.25, -0.2) is 4.68 Å². The third-order valence-electron chi connectivity index (χ3n) is 2.74. The molecule has 1 aromatic heterocycles. The van der Waals surface area contributed by atoms with E-state index in [1.165, 1.54) is 10.9 Å². The number of carboxylic acids is 1. The average molecular weight is 274 g/mol. The van der Waals surface area contributed by atoms with Gasteiger partial charge >= 0.3 is 5.97 Å². The third kappa shape index (κ3) is 3.41. The monoisotopic (exact) mass is 274 g/mol. The summed E-state index contributed by atoms with van der Waals surface area (Å²) in [4.78, 5) is 22.6. The highest BCUT2D eigenvalue weighted by atomic mass is 16.4. The van der Waals surface area contributed by atoms with Crippen molar-refractivity contribution in [2.45, 2.75) is 19.9 Å². The number of nitrogens with one attached hydrogen (secondary N) is 1. The first-order valence-corrected chi connectivity index (χ1v) is 6.01. The quantitative estimate of drug-likeness (QED) is 0.842. The zero-order valence-corrected chi connectivity index (χ0v) is 10.9. The number of benzene rings is 1. The number of para-hydroxylation sites is 1. The second-order valence-electron chi connectivity index (χ2n) is 4.32. The summed E-state index contributed by atoms with van der Waals surface area (Å²) in [7, 11) is 0. The highest BCUT2D eigenvalue weighted by Crippen LogP contribution is 2.13. The van der Waals surface area contributed by atoms with Gasteiger partial charge in [0.2, 0.25) is 5.91 Å². The Morgan fingerprint density at radius 3 is 2.80 bits per heavy atom. The van der Waals surface area contributed by atoms with E-state index in [0.717, 1.165) is 11.3 Å². The van der Waals surface area contributed by atoms with E-state index in [1.807, 2.05) is 25.1 Å². The fraction of sp³-hybridized carbons (Fsp3) is 0.231. The standard InChI is InChI=1S/C13H14N4O3/c1-9-4-2-3-5-11(9)15-12(18)8-17-10(6-13(19)20)7-14-16-17/h2-5,7H,6,8H2,1H3,(H,15,18)(H,19,20). The van der Waals surface area contributed by atoms with Crippen LogP contribution in [0.3, 0.4) is 0 Å². The Labute approximate surface area is 115 Å². The predicted molar refractivity (Wildman–Crippen MR) is 71.2 cm³/mol. The van der Waals surface area contributed by atoms with Crippen molar-refractivity contribution in [1.29, 1.82) is 0 Å². The molecule has 7 heteroatoms. The van der Waals surface area contributed by atoms with Gasteiger partial charge in [-0.15, -0.1) is 5.10 Å². The second kappa shape index (κ2) is 5.96. The van der Waals surface area contributed by atoms with Gasteiger partial charge in [0.1, 0.15) is 6.54 Å². The highest BCUT2D eigenvalue weighted by molar-refractivity contribution is 5.91. The topological polar surface area (TPSA) is 97.1 Å². The van der Waals surface area contributed by atoms with Crippen LogP contribution in [0.1, 0.15) is 11.3 Å². The van der Waals surface area contributed by atoms with Gasteiger partial charge in [0, 0.05) is 5.69 Å². The van der Waals surface area contributed by atoms with E-state index >= 15 is 0 Å². The number of nitrogens with zero attached hydrogens (tertiary/aromatic N) is 3. The summed E-state index contributed by atoms with van der Waals surface area (Å²) in [6, 6.07) is 7.40. The lowest BCUT2D eigenvalue weighted by Gasteiger charge is -2.08. The Hall–Kier alpha value is -2.70. The molecule has 0 radical (unpaired) electrons. The molecule has 104 valence electrons. The van der Waals surface area contributed by atoms with Crippen molar-refractivity contribution in [3.63, 3.8) is 0 Å². The molecular weight excluding hydrogens is 260 g/mol. The predicted octanol–water partition coefficient (Wildman–Crippen LogP) is 0.852. The van der Waals surface area contributed by atoms with E-state index in [-0.39, 0.29) is 18.9 Å². The van der Waals surface area contributed by atoms with E-state index in [0.29, 0.717) is 5.69 Å². The summed E-state index contributed by atoms with van der Waals surface area (Å²) in [6.07, 6.45) is 1.12. The summed E-state index contributed by atoms with van der Waals surface area (Å²) in [5.74, 6) is -1.27. The Morgan fingerprint density at radius 2 is 2.10 bits per heavy atom. The molecule has 7 nitrogen and oxygen atoms in total. The van der Waals surface area contributed by atoms with Crippen LogP contribution in [-0.2, 0) is 22.6 Å². The van der Waals surface area contributed by atoms with E-state index in [9.17, 15) is 9.59 Å². The molecule has 0 aliphatic carbocycles. The maximum atomic E-state index is 11.9. The Kier molecular flexibility index (Phi) is 4.09. The normalized spacial score (nSPS) is 10.2. The molecule has 0 aliphatic heterocycles. The van der Waals surface area contributed by atoms with E-state index in [2.05, 4.69) is 15.6 Å². The minimum absolute atomic E-state index is 0.0725. The van der Waals surface area contributed by atoms with Crippen LogP contribution in [0.2, 0.25) is 0 Å². The van der Waals surface area contributed by atoms with Crippen molar-refractivity contribution in [3.05, 3.63) is 41.7 Å². The van der Waals surface area contributed by atoms with Gasteiger partial charge in [0.25, 0.3) is 0 Å². The molecule has 0 spiro atoms. The molecule has 1 heterocycles. The van der Waals surface area contributed by atoms with Crippen LogP contribution in [0, 0.1) is 6.92 Å². The molecule has 0 fully saturated rings. The van der Waals surface area contributed by atoms with Crippen LogP contribution < -0.4 is 5.32 Å². The number of aliphatic carboxylic acids is 1. The molecular formula is C13H14N4O3. The number of carboxylic acid groups (broad SMARTS) is 1. The Morgan fingerprint density at radius 1 is 1.35 bits per heavy atom. The lowest BCUT2D eigenvalue weighted by molar-refractivity contribution is -0.136. The van der Waals surface area contributed by atoms with Crippen molar-refractivity contribution in [2.24, 2.45) is 0 Å². The molecule has 0 saturated heterocycles. The van der Waals surface area contributed by atoms with Gasteiger partial charge in [-0.1, -0.05) is 23.4 Å². The van der Waals surface area contributed by atoms with Gasteiger partial charge < -0.3 is 10.4 Å². The molecule has 0 saturated carbocycles. The Bertz CT molecular complexity index is 636. The van der Waals surface area contributed by atoms with Gasteiger partial charge in [0.05, 0.1) is 18.3 Å². The first-order chi connectivity index (χ1) is 9.56. The summed E-state index contributed by atoms with van der Waals surface area (Å²) in [6.45, 7) is 1.82. The number of anilines is 1. The van der Waals surface area contributed by atoms with E-state index in [1.54, 1.807) is 6.07 Å². The fourth-order valence-corrected chi connectivity index (χ4v) is 1.74. The molecule has 2 N–H and O–H groups in total. The summed E-state index contributed by atoms with van der Waals surface area (Å²) < 4.78 is 1.28. The maximum absolute atomic E-state index is 11.9. The number of carbonyl (C=O) groups excluding carboxylic acids is 1. The SMILES string of the molecule is Cc1ccccc1NC(=O)Cn1nncc1CC(=O)O. The molecule has 20 heavy (non-hydrogen) atoms. The number of hydrogen-bond acceptors (Lipinski definition) is 4. The zero-order chi connectivity index (χ0) is 14.5. The molecule has 0 unspecified atom stereocenters. The minimum Gasteiger partial charge on any atom is -0.481 e. The Balaban J connectivity index is 2.04. The largest absolute Gasteiger partial charge is 0.481 e. The van der Waals surface area contributed by atoms with Gasteiger partial charge in [0.15, 0.2) is 0 Å². The smallest absolute Gasteiger partial charge is 0.309 e. The van der Waals surface area contributed by atoms with Crippen molar-refractivity contribution < 1.29 is 14.7 Å². The zero-order valence-electron chi connectivity index (χ0n) is 10.9. The molecule has 0 bridgehead atoms. The lowest BCUT2D eigenvalue weighted by atomic mass is 10.2. The van der Waals surface area contributed by atoms with E-state index < -0.39 is 5.97 Å². The number of aryl methyl sites for hydroxylation is 1. The van der Waals surface area contributed by atoms with Crippen LogP contribution >= 0.6 is 0 Å².